The molecule has 1 aliphatic heterocycles. The monoisotopic (exact) mass is 231 g/mol. The summed E-state index contributed by atoms with van der Waals surface area (Å²) in [6.07, 6.45) is 4.14. The largest absolute Gasteiger partial charge is 0.380 e. The summed E-state index contributed by atoms with van der Waals surface area (Å²) in [6, 6.07) is 7.71. The van der Waals surface area contributed by atoms with Crippen molar-refractivity contribution in [2.75, 3.05) is 31.7 Å². The average molecular weight is 231 g/mol. The van der Waals surface area contributed by atoms with Gasteiger partial charge in [-0.2, -0.15) is 0 Å². The molecule has 1 aromatic carbocycles. The minimum absolute atomic E-state index is 0.723. The number of anilines is 1. The lowest BCUT2D eigenvalue weighted by Gasteiger charge is -2.28. The topological polar surface area (TPSA) is 29.5 Å². The molecule has 0 bridgehead atoms. The predicted octanol–water partition coefficient (Wildman–Crippen LogP) is 2.28. The Balaban J connectivity index is 2.02. The van der Waals surface area contributed by atoms with Gasteiger partial charge in [-0.25, -0.2) is 0 Å². The van der Waals surface area contributed by atoms with Gasteiger partial charge in [0, 0.05) is 31.5 Å². The van der Waals surface area contributed by atoms with Gasteiger partial charge in [0.05, 0.1) is 6.61 Å². The van der Waals surface area contributed by atoms with Crippen LogP contribution in [0.2, 0.25) is 0 Å². The molecule has 3 heteroatoms. The number of benzene rings is 1. The fourth-order valence-corrected chi connectivity index (χ4v) is 2.03. The van der Waals surface area contributed by atoms with Gasteiger partial charge >= 0.3 is 0 Å². The van der Waals surface area contributed by atoms with Gasteiger partial charge < -0.3 is 9.64 Å². The van der Waals surface area contributed by atoms with Gasteiger partial charge in [-0.15, -0.1) is 0 Å². The molecule has 0 saturated carbocycles. The lowest BCUT2D eigenvalue weighted by molar-refractivity contribution is 0.112. The fourth-order valence-electron chi connectivity index (χ4n) is 2.03. The number of carbonyl (C=O) groups excluding carboxylic acids is 1. The molecule has 0 amide bonds. The Labute approximate surface area is 102 Å². The summed E-state index contributed by atoms with van der Waals surface area (Å²) in [5.41, 5.74) is 3.26. The predicted molar refractivity (Wildman–Crippen MR) is 68.6 cm³/mol. The van der Waals surface area contributed by atoms with Crippen LogP contribution in [0.4, 0.5) is 5.69 Å². The van der Waals surface area contributed by atoms with Crippen molar-refractivity contribution in [2.45, 2.75) is 6.42 Å². The molecule has 0 aliphatic carbocycles. The van der Waals surface area contributed by atoms with Crippen LogP contribution in [0.3, 0.4) is 0 Å². The van der Waals surface area contributed by atoms with E-state index in [0.29, 0.717) is 0 Å². The summed E-state index contributed by atoms with van der Waals surface area (Å²) in [5.74, 6) is 0. The molecule has 1 aromatic rings. The molecule has 3 nitrogen and oxygen atoms in total. The maximum Gasteiger partial charge on any atom is 0.150 e. The summed E-state index contributed by atoms with van der Waals surface area (Å²) in [4.78, 5) is 12.9. The Bertz CT molecular complexity index is 409. The van der Waals surface area contributed by atoms with E-state index < -0.39 is 0 Å². The third-order valence-electron chi connectivity index (χ3n) is 3.03. The molecule has 1 heterocycles. The molecule has 0 N–H and O–H groups in total. The molecular weight excluding hydrogens is 214 g/mol. The van der Waals surface area contributed by atoms with Crippen LogP contribution in [0.25, 0.3) is 0 Å². The molecule has 0 spiro atoms. The highest BCUT2D eigenvalue weighted by molar-refractivity contribution is 5.75. The highest BCUT2D eigenvalue weighted by atomic mass is 16.5. The molecule has 0 saturated heterocycles. The van der Waals surface area contributed by atoms with Crippen molar-refractivity contribution in [2.24, 2.45) is 0 Å². The molecule has 17 heavy (non-hydrogen) atoms. The first-order valence-corrected chi connectivity index (χ1v) is 5.80. The van der Waals surface area contributed by atoms with Crippen LogP contribution in [-0.2, 0) is 4.74 Å². The van der Waals surface area contributed by atoms with Crippen LogP contribution in [-0.4, -0.2) is 33.1 Å². The lowest BCUT2D eigenvalue weighted by Crippen LogP contribution is -2.29. The molecule has 0 aromatic heterocycles. The van der Waals surface area contributed by atoms with Gasteiger partial charge in [0.25, 0.3) is 0 Å². The number of methoxy groups -OCH3 is 1. The second-order valence-corrected chi connectivity index (χ2v) is 4.20. The van der Waals surface area contributed by atoms with Gasteiger partial charge in [-0.1, -0.05) is 6.08 Å². The van der Waals surface area contributed by atoms with Crippen LogP contribution in [0.15, 0.2) is 35.9 Å². The van der Waals surface area contributed by atoms with Gasteiger partial charge in [-0.3, -0.25) is 4.79 Å². The third kappa shape index (κ3) is 2.94. The smallest absolute Gasteiger partial charge is 0.150 e. The van der Waals surface area contributed by atoms with Crippen molar-refractivity contribution in [3.05, 3.63) is 41.5 Å². The molecular formula is C14H17NO2. The van der Waals surface area contributed by atoms with E-state index in [1.165, 1.54) is 11.3 Å². The number of nitrogens with zero attached hydrogens (tertiary/aromatic N) is 1. The molecule has 0 fully saturated rings. The second-order valence-electron chi connectivity index (χ2n) is 4.20. The van der Waals surface area contributed by atoms with Crippen LogP contribution in [0, 0.1) is 0 Å². The van der Waals surface area contributed by atoms with Crippen molar-refractivity contribution < 1.29 is 9.53 Å². The molecule has 0 unspecified atom stereocenters. The normalized spacial score (nSPS) is 15.6. The zero-order valence-corrected chi connectivity index (χ0v) is 10.1. The average Bonchev–Trinajstić information content (AvgIpc) is 2.40. The summed E-state index contributed by atoms with van der Waals surface area (Å²) in [5, 5.41) is 0. The third-order valence-corrected chi connectivity index (χ3v) is 3.03. The van der Waals surface area contributed by atoms with E-state index in [0.717, 1.165) is 38.0 Å². The van der Waals surface area contributed by atoms with Crippen LogP contribution in [0.1, 0.15) is 16.8 Å². The Morgan fingerprint density at radius 3 is 2.65 bits per heavy atom. The van der Waals surface area contributed by atoms with E-state index >= 15 is 0 Å². The first kappa shape index (κ1) is 11.9. The van der Waals surface area contributed by atoms with Crippen molar-refractivity contribution in [3.63, 3.8) is 0 Å². The Morgan fingerprint density at radius 1 is 1.35 bits per heavy atom. The highest BCUT2D eigenvalue weighted by Gasteiger charge is 2.11. The zero-order chi connectivity index (χ0) is 12.1. The summed E-state index contributed by atoms with van der Waals surface area (Å²) in [6.45, 7) is 2.66. The first-order chi connectivity index (χ1) is 8.33. The molecule has 1 aliphatic rings. The minimum atomic E-state index is 0.723. The van der Waals surface area contributed by atoms with Crippen LogP contribution < -0.4 is 4.90 Å². The van der Waals surface area contributed by atoms with Gasteiger partial charge in [0.1, 0.15) is 6.29 Å². The molecule has 2 rings (SSSR count). The van der Waals surface area contributed by atoms with E-state index in [1.54, 1.807) is 7.11 Å². The Morgan fingerprint density at radius 2 is 2.12 bits per heavy atom. The van der Waals surface area contributed by atoms with Crippen molar-refractivity contribution >= 4 is 12.0 Å². The minimum Gasteiger partial charge on any atom is -0.380 e. The Kier molecular flexibility index (Phi) is 3.94. The van der Waals surface area contributed by atoms with E-state index in [9.17, 15) is 4.79 Å². The van der Waals surface area contributed by atoms with Gasteiger partial charge in [0.15, 0.2) is 0 Å². The van der Waals surface area contributed by atoms with Gasteiger partial charge in [-0.05, 0) is 36.3 Å². The first-order valence-electron chi connectivity index (χ1n) is 5.80. The van der Waals surface area contributed by atoms with Crippen molar-refractivity contribution in [3.8, 4) is 0 Å². The summed E-state index contributed by atoms with van der Waals surface area (Å²) >= 11 is 0. The van der Waals surface area contributed by atoms with E-state index in [4.69, 9.17) is 4.74 Å². The number of carbonyl (C=O) groups is 1. The quantitative estimate of drug-likeness (QED) is 0.588. The van der Waals surface area contributed by atoms with Crippen LogP contribution in [0.5, 0.6) is 0 Å². The molecule has 0 radical (unpaired) electrons. The van der Waals surface area contributed by atoms with E-state index in [1.807, 2.05) is 24.3 Å². The van der Waals surface area contributed by atoms with Crippen molar-refractivity contribution in [1.82, 2.24) is 0 Å². The van der Waals surface area contributed by atoms with E-state index in [2.05, 4.69) is 11.0 Å². The number of hydrogen-bond donors (Lipinski definition) is 0. The zero-order valence-electron chi connectivity index (χ0n) is 10.1. The van der Waals surface area contributed by atoms with Gasteiger partial charge in [0.2, 0.25) is 0 Å². The fraction of sp³-hybridized carbons (Fsp3) is 0.357. The summed E-state index contributed by atoms with van der Waals surface area (Å²) in [7, 11) is 1.73. The van der Waals surface area contributed by atoms with E-state index in [-0.39, 0.29) is 0 Å². The van der Waals surface area contributed by atoms with Crippen LogP contribution >= 0.6 is 0 Å². The number of rotatable bonds is 4. The highest BCUT2D eigenvalue weighted by Crippen LogP contribution is 2.19. The Hall–Kier alpha value is -1.61. The standard InChI is InChI=1S/C14H17NO2/c1-17-11-13-6-8-15(9-7-13)14-4-2-12(10-16)3-5-14/h2-6,10H,7-9,11H2,1H3. The van der Waals surface area contributed by atoms with Crippen molar-refractivity contribution in [1.29, 1.82) is 0 Å². The number of aldehydes is 1. The summed E-state index contributed by atoms with van der Waals surface area (Å²) < 4.78 is 5.13. The SMILES string of the molecule is COCC1=CCN(c2ccc(C=O)cc2)CC1. The number of ether oxygens (including phenoxy) is 1. The second kappa shape index (κ2) is 5.64. The maximum atomic E-state index is 10.6. The number of hydrogen-bond acceptors (Lipinski definition) is 3. The lowest BCUT2D eigenvalue weighted by atomic mass is 10.1. The molecule has 90 valence electrons. The maximum absolute atomic E-state index is 10.6. The molecule has 0 atom stereocenters.